The van der Waals surface area contributed by atoms with Gasteiger partial charge >= 0.3 is 6.09 Å². The van der Waals surface area contributed by atoms with Crippen LogP contribution in [0, 0.1) is 5.92 Å². The first kappa shape index (κ1) is 17.5. The maximum atomic E-state index is 11.7. The smallest absolute Gasteiger partial charge is 0.410 e. The summed E-state index contributed by atoms with van der Waals surface area (Å²) >= 11 is 0. The molecule has 0 aromatic carbocycles. The number of ether oxygens (including phenoxy) is 1. The summed E-state index contributed by atoms with van der Waals surface area (Å²) in [5.74, 6) is 0.749. The van der Waals surface area contributed by atoms with Crippen LogP contribution in [0.2, 0.25) is 0 Å². The average Bonchev–Trinajstić information content (AvgIpc) is 2.79. The quantitative estimate of drug-likeness (QED) is 0.644. The molecule has 2 saturated heterocycles. The predicted octanol–water partition coefficient (Wildman–Crippen LogP) is 0.905. The van der Waals surface area contributed by atoms with E-state index in [9.17, 15) is 13.2 Å². The number of hydrogen-bond donors (Lipinski definition) is 0. The van der Waals surface area contributed by atoms with E-state index in [-0.39, 0.29) is 12.7 Å². The summed E-state index contributed by atoms with van der Waals surface area (Å²) in [4.78, 5) is 15.7. The van der Waals surface area contributed by atoms with E-state index < -0.39 is 16.2 Å². The Kier molecular flexibility index (Phi) is 6.05. The van der Waals surface area contributed by atoms with Gasteiger partial charge in [0, 0.05) is 6.54 Å². The molecule has 0 aliphatic carbocycles. The van der Waals surface area contributed by atoms with Crippen LogP contribution in [-0.4, -0.2) is 76.5 Å². The average molecular weight is 334 g/mol. The first-order valence-corrected chi connectivity index (χ1v) is 9.63. The second kappa shape index (κ2) is 7.61. The van der Waals surface area contributed by atoms with Crippen LogP contribution in [0.15, 0.2) is 0 Å². The molecule has 0 spiro atoms. The lowest BCUT2D eigenvalue weighted by Gasteiger charge is -2.29. The zero-order valence-electron chi connectivity index (χ0n) is 13.4. The van der Waals surface area contributed by atoms with Crippen molar-refractivity contribution in [3.63, 3.8) is 0 Å². The molecule has 0 radical (unpaired) electrons. The topological polar surface area (TPSA) is 76.2 Å². The Morgan fingerprint density at radius 3 is 2.64 bits per heavy atom. The van der Waals surface area contributed by atoms with Crippen molar-refractivity contribution >= 4 is 16.2 Å². The lowest BCUT2D eigenvalue weighted by atomic mass is 9.92. The Bertz CT molecular complexity index is 474. The van der Waals surface area contributed by atoms with E-state index in [1.54, 1.807) is 4.90 Å². The Morgan fingerprint density at radius 2 is 2.00 bits per heavy atom. The van der Waals surface area contributed by atoms with Crippen molar-refractivity contribution in [1.82, 2.24) is 9.80 Å². The van der Waals surface area contributed by atoms with Crippen LogP contribution in [0.25, 0.3) is 0 Å². The number of carbonyl (C=O) groups is 1. The minimum absolute atomic E-state index is 0.101. The highest BCUT2D eigenvalue weighted by atomic mass is 32.2. The van der Waals surface area contributed by atoms with Gasteiger partial charge in [-0.25, -0.2) is 4.79 Å². The third-order valence-corrected chi connectivity index (χ3v) is 4.86. The van der Waals surface area contributed by atoms with Gasteiger partial charge < -0.3 is 14.5 Å². The summed E-state index contributed by atoms with van der Waals surface area (Å²) in [5.41, 5.74) is 0. The van der Waals surface area contributed by atoms with Crippen LogP contribution in [0.4, 0.5) is 4.79 Å². The van der Waals surface area contributed by atoms with Crippen molar-refractivity contribution in [1.29, 1.82) is 0 Å². The highest BCUT2D eigenvalue weighted by Crippen LogP contribution is 2.22. The molecule has 0 saturated carbocycles. The molecule has 2 aliphatic heterocycles. The molecule has 1 atom stereocenters. The molecule has 0 aromatic rings. The van der Waals surface area contributed by atoms with E-state index >= 15 is 0 Å². The van der Waals surface area contributed by atoms with Gasteiger partial charge in [-0.2, -0.15) is 8.42 Å². The molecule has 0 N–H and O–H groups in total. The van der Waals surface area contributed by atoms with Gasteiger partial charge in [-0.15, -0.1) is 0 Å². The van der Waals surface area contributed by atoms with Gasteiger partial charge in [0.2, 0.25) is 0 Å². The van der Waals surface area contributed by atoms with Crippen molar-refractivity contribution in [3.8, 4) is 0 Å². The van der Waals surface area contributed by atoms with Gasteiger partial charge in [-0.1, -0.05) is 0 Å². The van der Waals surface area contributed by atoms with Crippen LogP contribution in [0.3, 0.4) is 0 Å². The van der Waals surface area contributed by atoms with Crippen molar-refractivity contribution < 1.29 is 22.1 Å². The summed E-state index contributed by atoms with van der Waals surface area (Å²) in [6.07, 6.45) is 4.67. The SMILES string of the molecule is CN1CCC(CCCN2CC(COS(C)(=O)=O)OC2=O)CC1. The maximum absolute atomic E-state index is 11.7. The molecule has 1 unspecified atom stereocenters. The molecule has 7 nitrogen and oxygen atoms in total. The number of cyclic esters (lactones) is 1. The summed E-state index contributed by atoms with van der Waals surface area (Å²) in [6, 6.07) is 0. The fourth-order valence-electron chi connectivity index (χ4n) is 2.97. The predicted molar refractivity (Wildman–Crippen MR) is 82.1 cm³/mol. The van der Waals surface area contributed by atoms with E-state index in [2.05, 4.69) is 16.1 Å². The lowest BCUT2D eigenvalue weighted by molar-refractivity contribution is 0.105. The zero-order chi connectivity index (χ0) is 16.2. The minimum Gasteiger partial charge on any atom is -0.442 e. The van der Waals surface area contributed by atoms with Crippen LogP contribution in [-0.2, 0) is 19.0 Å². The number of amides is 1. The zero-order valence-corrected chi connectivity index (χ0v) is 14.2. The highest BCUT2D eigenvalue weighted by Gasteiger charge is 2.31. The van der Waals surface area contributed by atoms with Crippen molar-refractivity contribution in [2.75, 3.05) is 46.1 Å². The Labute approximate surface area is 132 Å². The fraction of sp³-hybridized carbons (Fsp3) is 0.929. The number of rotatable bonds is 7. The van der Waals surface area contributed by atoms with Crippen LogP contribution in [0.5, 0.6) is 0 Å². The van der Waals surface area contributed by atoms with Crippen LogP contribution >= 0.6 is 0 Å². The first-order valence-electron chi connectivity index (χ1n) is 7.82. The van der Waals surface area contributed by atoms with Gasteiger partial charge in [0.25, 0.3) is 10.1 Å². The Hall–Kier alpha value is -0.860. The first-order chi connectivity index (χ1) is 10.3. The summed E-state index contributed by atoms with van der Waals surface area (Å²) in [7, 11) is -1.35. The lowest BCUT2D eigenvalue weighted by Crippen LogP contribution is -2.31. The van der Waals surface area contributed by atoms with Crippen LogP contribution in [0.1, 0.15) is 25.7 Å². The largest absolute Gasteiger partial charge is 0.442 e. The third-order valence-electron chi connectivity index (χ3n) is 4.30. The maximum Gasteiger partial charge on any atom is 0.410 e. The van der Waals surface area contributed by atoms with Crippen molar-refractivity contribution in [2.45, 2.75) is 31.8 Å². The molecule has 2 fully saturated rings. The Morgan fingerprint density at radius 1 is 1.32 bits per heavy atom. The molecule has 2 aliphatic rings. The van der Waals surface area contributed by atoms with Gasteiger partial charge in [-0.3, -0.25) is 4.18 Å². The molecule has 8 heteroatoms. The standard InChI is InChI=1S/C14H26N2O5S/c1-15-8-5-12(6-9-15)4-3-7-16-10-13(21-14(16)17)11-20-22(2,18)19/h12-13H,3-11H2,1-2H3. The van der Waals surface area contributed by atoms with E-state index in [0.717, 1.165) is 38.1 Å². The fourth-order valence-corrected chi connectivity index (χ4v) is 3.36. The summed E-state index contributed by atoms with van der Waals surface area (Å²) in [6.45, 7) is 3.28. The van der Waals surface area contributed by atoms with E-state index in [1.807, 2.05) is 0 Å². The van der Waals surface area contributed by atoms with Gasteiger partial charge in [0.15, 0.2) is 0 Å². The molecule has 128 valence electrons. The van der Waals surface area contributed by atoms with E-state index in [0.29, 0.717) is 13.1 Å². The molecular weight excluding hydrogens is 308 g/mol. The molecule has 0 aromatic heterocycles. The summed E-state index contributed by atoms with van der Waals surface area (Å²) in [5, 5.41) is 0. The summed E-state index contributed by atoms with van der Waals surface area (Å²) < 4.78 is 31.7. The minimum atomic E-state index is -3.50. The van der Waals surface area contributed by atoms with Gasteiger partial charge in [0.1, 0.15) is 12.7 Å². The molecule has 22 heavy (non-hydrogen) atoms. The second-order valence-electron chi connectivity index (χ2n) is 6.33. The number of nitrogens with zero attached hydrogens (tertiary/aromatic N) is 2. The second-order valence-corrected chi connectivity index (χ2v) is 7.97. The van der Waals surface area contributed by atoms with Crippen LogP contribution < -0.4 is 0 Å². The molecule has 1 amide bonds. The monoisotopic (exact) mass is 334 g/mol. The number of carbonyl (C=O) groups excluding carboxylic acids is 1. The molecular formula is C14H26N2O5S. The number of hydrogen-bond acceptors (Lipinski definition) is 6. The molecule has 2 heterocycles. The van der Waals surface area contributed by atoms with E-state index in [4.69, 9.17) is 4.74 Å². The molecule has 2 rings (SSSR count). The van der Waals surface area contributed by atoms with Crippen molar-refractivity contribution in [2.24, 2.45) is 5.92 Å². The third kappa shape index (κ3) is 5.73. The van der Waals surface area contributed by atoms with E-state index in [1.165, 1.54) is 12.8 Å². The number of likely N-dealkylation sites (tertiary alicyclic amines) is 1. The number of piperidine rings is 1. The normalized spacial score (nSPS) is 24.7. The van der Waals surface area contributed by atoms with Gasteiger partial charge in [-0.05, 0) is 51.7 Å². The van der Waals surface area contributed by atoms with Crippen molar-refractivity contribution in [3.05, 3.63) is 0 Å². The molecule has 0 bridgehead atoms. The van der Waals surface area contributed by atoms with Gasteiger partial charge in [0.05, 0.1) is 12.8 Å². The Balaban J connectivity index is 1.65. The highest BCUT2D eigenvalue weighted by molar-refractivity contribution is 7.85.